The van der Waals surface area contributed by atoms with E-state index in [0.29, 0.717) is 5.82 Å². The largest absolute Gasteiger partial charge is 0.363 e. The molecule has 6 nitrogen and oxygen atoms in total. The number of aromatic nitrogens is 3. The number of fused-ring (bicyclic) bond motifs is 3. The van der Waals surface area contributed by atoms with Gasteiger partial charge < -0.3 is 10.2 Å². The maximum atomic E-state index is 12.3. The van der Waals surface area contributed by atoms with Gasteiger partial charge in [-0.1, -0.05) is 0 Å². The monoisotopic (exact) mass is 323 g/mol. The number of aryl methyl sites for hydroxylation is 2. The Morgan fingerprint density at radius 2 is 2.00 bits per heavy atom. The van der Waals surface area contributed by atoms with Gasteiger partial charge in [-0.15, -0.1) is 0 Å². The van der Waals surface area contributed by atoms with E-state index in [2.05, 4.69) is 27.1 Å². The molecule has 6 heteroatoms. The third-order valence-electron chi connectivity index (χ3n) is 4.81. The first-order valence-electron chi connectivity index (χ1n) is 8.35. The Kier molecular flexibility index (Phi) is 3.30. The van der Waals surface area contributed by atoms with E-state index in [1.165, 1.54) is 0 Å². The van der Waals surface area contributed by atoms with Gasteiger partial charge in [-0.25, -0.2) is 4.98 Å². The first kappa shape index (κ1) is 15.1. The van der Waals surface area contributed by atoms with E-state index in [1.54, 1.807) is 6.20 Å². The Morgan fingerprint density at radius 1 is 1.25 bits per heavy atom. The van der Waals surface area contributed by atoms with Gasteiger partial charge in [-0.3, -0.25) is 14.8 Å². The van der Waals surface area contributed by atoms with Crippen LogP contribution in [0.15, 0.2) is 12.3 Å². The van der Waals surface area contributed by atoms with Crippen molar-refractivity contribution in [3.63, 3.8) is 0 Å². The van der Waals surface area contributed by atoms with E-state index in [0.717, 1.165) is 46.9 Å². The van der Waals surface area contributed by atoms with Crippen LogP contribution in [-0.4, -0.2) is 27.9 Å². The van der Waals surface area contributed by atoms with Crippen LogP contribution in [0.5, 0.6) is 0 Å². The molecular weight excluding hydrogens is 302 g/mol. The fourth-order valence-corrected chi connectivity index (χ4v) is 3.23. The molecule has 1 unspecified atom stereocenters. The van der Waals surface area contributed by atoms with E-state index < -0.39 is 0 Å². The maximum absolute atomic E-state index is 12.3. The van der Waals surface area contributed by atoms with Crippen LogP contribution < -0.4 is 10.2 Å². The molecule has 0 aromatic carbocycles. The SMILES string of the molecule is Cc1cc2c(c(NC(=O)C3CC3)n1)N(C)C(C)c1nc(C)cnc1-2. The summed E-state index contributed by atoms with van der Waals surface area (Å²) in [6, 6.07) is 2.09. The minimum absolute atomic E-state index is 0.0668. The number of nitrogens with one attached hydrogen (secondary N) is 1. The van der Waals surface area contributed by atoms with Gasteiger partial charge in [0.25, 0.3) is 0 Å². The highest BCUT2D eigenvalue weighted by atomic mass is 16.2. The highest BCUT2D eigenvalue weighted by Crippen LogP contribution is 2.45. The zero-order valence-electron chi connectivity index (χ0n) is 14.4. The van der Waals surface area contributed by atoms with Gasteiger partial charge in [-0.05, 0) is 39.7 Å². The summed E-state index contributed by atoms with van der Waals surface area (Å²) in [7, 11) is 2.01. The fourth-order valence-electron chi connectivity index (χ4n) is 3.23. The zero-order chi connectivity index (χ0) is 17.0. The summed E-state index contributed by atoms with van der Waals surface area (Å²) in [5.41, 5.74) is 5.52. The third kappa shape index (κ3) is 2.33. The number of carbonyl (C=O) groups is 1. The highest BCUT2D eigenvalue weighted by molar-refractivity contribution is 5.99. The topological polar surface area (TPSA) is 71.0 Å². The Morgan fingerprint density at radius 3 is 2.71 bits per heavy atom. The fraction of sp³-hybridized carbons (Fsp3) is 0.444. The quantitative estimate of drug-likeness (QED) is 0.920. The highest BCUT2D eigenvalue weighted by Gasteiger charge is 2.34. The molecule has 124 valence electrons. The molecule has 0 bridgehead atoms. The minimum atomic E-state index is 0.0668. The lowest BCUT2D eigenvalue weighted by Crippen LogP contribution is -2.30. The molecule has 2 aromatic rings. The van der Waals surface area contributed by atoms with Crippen LogP contribution in [0.3, 0.4) is 0 Å². The molecule has 2 aromatic heterocycles. The molecule has 1 saturated carbocycles. The Labute approximate surface area is 141 Å². The van der Waals surface area contributed by atoms with Gasteiger partial charge in [0.2, 0.25) is 5.91 Å². The van der Waals surface area contributed by atoms with Crippen molar-refractivity contribution in [3.8, 4) is 11.3 Å². The number of amides is 1. The van der Waals surface area contributed by atoms with E-state index in [4.69, 9.17) is 4.98 Å². The summed E-state index contributed by atoms with van der Waals surface area (Å²) < 4.78 is 0. The van der Waals surface area contributed by atoms with E-state index >= 15 is 0 Å². The molecule has 4 rings (SSSR count). The van der Waals surface area contributed by atoms with Crippen LogP contribution >= 0.6 is 0 Å². The smallest absolute Gasteiger partial charge is 0.228 e. The number of pyridine rings is 1. The average Bonchev–Trinajstić information content (AvgIpc) is 3.37. The first-order chi connectivity index (χ1) is 11.5. The number of rotatable bonds is 2. The van der Waals surface area contributed by atoms with Crippen molar-refractivity contribution in [2.45, 2.75) is 39.7 Å². The van der Waals surface area contributed by atoms with Crippen LogP contribution in [0.2, 0.25) is 0 Å². The summed E-state index contributed by atoms with van der Waals surface area (Å²) in [5, 5.41) is 3.03. The Balaban J connectivity index is 1.89. The molecule has 1 fully saturated rings. The van der Waals surface area contributed by atoms with Gasteiger partial charge in [0.15, 0.2) is 5.82 Å². The van der Waals surface area contributed by atoms with Gasteiger partial charge in [0.05, 0.1) is 28.8 Å². The van der Waals surface area contributed by atoms with Gasteiger partial charge in [0, 0.05) is 30.4 Å². The standard InChI is InChI=1S/C18H21N5O/c1-9-7-13-15-14(20-10(2)8-19-15)11(3)23(4)16(13)17(21-9)22-18(24)12-5-6-12/h7-8,11-12H,5-6H2,1-4H3,(H,21,22,24). The summed E-state index contributed by atoms with van der Waals surface area (Å²) in [5.74, 6) is 0.838. The minimum Gasteiger partial charge on any atom is -0.363 e. The van der Waals surface area contributed by atoms with Crippen LogP contribution in [0.4, 0.5) is 11.5 Å². The van der Waals surface area contributed by atoms with Gasteiger partial charge >= 0.3 is 0 Å². The average molecular weight is 323 g/mol. The zero-order valence-corrected chi connectivity index (χ0v) is 14.4. The molecule has 1 atom stereocenters. The second kappa shape index (κ2) is 5.26. The summed E-state index contributed by atoms with van der Waals surface area (Å²) >= 11 is 0. The van der Waals surface area contributed by atoms with Gasteiger partial charge in [0.1, 0.15) is 0 Å². The van der Waals surface area contributed by atoms with Crippen LogP contribution in [0.25, 0.3) is 11.3 Å². The van der Waals surface area contributed by atoms with Crippen LogP contribution in [0, 0.1) is 19.8 Å². The molecule has 0 radical (unpaired) electrons. The first-order valence-corrected chi connectivity index (χ1v) is 8.35. The van der Waals surface area contributed by atoms with E-state index in [-0.39, 0.29) is 17.9 Å². The van der Waals surface area contributed by atoms with Crippen LogP contribution in [-0.2, 0) is 4.79 Å². The van der Waals surface area contributed by atoms with Crippen molar-refractivity contribution >= 4 is 17.4 Å². The molecule has 0 spiro atoms. The van der Waals surface area contributed by atoms with E-state index in [9.17, 15) is 4.79 Å². The second-order valence-electron chi connectivity index (χ2n) is 6.80. The normalized spacial score (nSPS) is 18.8. The lowest BCUT2D eigenvalue weighted by molar-refractivity contribution is -0.117. The summed E-state index contributed by atoms with van der Waals surface area (Å²) in [6.07, 6.45) is 3.73. The predicted octanol–water partition coefficient (Wildman–Crippen LogP) is 3.01. The van der Waals surface area contributed by atoms with Gasteiger partial charge in [-0.2, -0.15) is 0 Å². The van der Waals surface area contributed by atoms with Crippen molar-refractivity contribution in [1.29, 1.82) is 0 Å². The molecule has 1 aliphatic heterocycles. The van der Waals surface area contributed by atoms with Crippen molar-refractivity contribution in [1.82, 2.24) is 15.0 Å². The number of carbonyl (C=O) groups excluding carboxylic acids is 1. The molecule has 1 amide bonds. The molecule has 2 aliphatic rings. The Hall–Kier alpha value is -2.50. The number of nitrogens with zero attached hydrogens (tertiary/aromatic N) is 4. The molecule has 3 heterocycles. The maximum Gasteiger partial charge on any atom is 0.228 e. The summed E-state index contributed by atoms with van der Waals surface area (Å²) in [6.45, 7) is 5.99. The molecule has 1 N–H and O–H groups in total. The van der Waals surface area contributed by atoms with Crippen molar-refractivity contribution < 1.29 is 4.79 Å². The predicted molar refractivity (Wildman–Crippen MR) is 92.9 cm³/mol. The second-order valence-corrected chi connectivity index (χ2v) is 6.80. The Bertz CT molecular complexity index is 844. The number of hydrogen-bond acceptors (Lipinski definition) is 5. The lowest BCUT2D eigenvalue weighted by atomic mass is 9.97. The third-order valence-corrected chi connectivity index (χ3v) is 4.81. The molecule has 0 saturated heterocycles. The molecule has 1 aliphatic carbocycles. The van der Waals surface area contributed by atoms with Crippen molar-refractivity contribution in [2.75, 3.05) is 17.3 Å². The lowest BCUT2D eigenvalue weighted by Gasteiger charge is -2.35. The number of hydrogen-bond donors (Lipinski definition) is 1. The van der Waals surface area contributed by atoms with Crippen LogP contribution in [0.1, 0.15) is 42.9 Å². The molecule has 24 heavy (non-hydrogen) atoms. The number of anilines is 2. The van der Waals surface area contributed by atoms with E-state index in [1.807, 2.05) is 27.0 Å². The van der Waals surface area contributed by atoms with Crippen molar-refractivity contribution in [3.05, 3.63) is 29.3 Å². The molecular formula is C18H21N5O. The summed E-state index contributed by atoms with van der Waals surface area (Å²) in [4.78, 5) is 28.3. The van der Waals surface area contributed by atoms with Crippen molar-refractivity contribution in [2.24, 2.45) is 5.92 Å².